The normalized spacial score (nSPS) is 16.5. The highest BCUT2D eigenvalue weighted by molar-refractivity contribution is 5.31. The summed E-state index contributed by atoms with van der Waals surface area (Å²) in [6.45, 7) is 2.21. The van der Waals surface area contributed by atoms with Crippen LogP contribution in [0.15, 0.2) is 18.2 Å². The highest BCUT2D eigenvalue weighted by Gasteiger charge is 2.31. The molecule has 0 spiro atoms. The molecule has 1 fully saturated rings. The SMILES string of the molecule is Cc1cc(CNC2CC2)cc(C(F)(F)F)c1. The van der Waals surface area contributed by atoms with Crippen LogP contribution in [-0.4, -0.2) is 6.04 Å². The molecule has 16 heavy (non-hydrogen) atoms. The number of halogens is 3. The number of alkyl halides is 3. The summed E-state index contributed by atoms with van der Waals surface area (Å²) in [5, 5.41) is 3.21. The molecular formula is C12H14F3N. The molecule has 1 nitrogen and oxygen atoms in total. The zero-order valence-corrected chi connectivity index (χ0v) is 9.06. The second-order valence-electron chi connectivity index (χ2n) is 4.36. The summed E-state index contributed by atoms with van der Waals surface area (Å²) in [7, 11) is 0. The van der Waals surface area contributed by atoms with E-state index in [1.54, 1.807) is 13.0 Å². The van der Waals surface area contributed by atoms with Crippen molar-refractivity contribution in [3.8, 4) is 0 Å². The average Bonchev–Trinajstić information content (AvgIpc) is 2.96. The lowest BCUT2D eigenvalue weighted by atomic mass is 10.1. The number of aryl methyl sites for hydroxylation is 1. The Balaban J connectivity index is 2.14. The van der Waals surface area contributed by atoms with Gasteiger partial charge in [0.25, 0.3) is 0 Å². The van der Waals surface area contributed by atoms with E-state index < -0.39 is 11.7 Å². The van der Waals surface area contributed by atoms with Crippen molar-refractivity contribution in [1.82, 2.24) is 5.32 Å². The molecule has 1 saturated carbocycles. The van der Waals surface area contributed by atoms with E-state index in [0.29, 0.717) is 23.7 Å². The van der Waals surface area contributed by atoms with Crippen molar-refractivity contribution in [1.29, 1.82) is 0 Å². The molecule has 1 aliphatic carbocycles. The predicted molar refractivity (Wildman–Crippen MR) is 56.0 cm³/mol. The smallest absolute Gasteiger partial charge is 0.310 e. The minimum atomic E-state index is -4.25. The van der Waals surface area contributed by atoms with Gasteiger partial charge in [0, 0.05) is 12.6 Å². The van der Waals surface area contributed by atoms with E-state index in [-0.39, 0.29) is 0 Å². The molecule has 1 aromatic carbocycles. The van der Waals surface area contributed by atoms with E-state index in [2.05, 4.69) is 5.32 Å². The second-order valence-corrected chi connectivity index (χ2v) is 4.36. The van der Waals surface area contributed by atoms with Crippen LogP contribution in [0.5, 0.6) is 0 Å². The van der Waals surface area contributed by atoms with Crippen LogP contribution in [0.25, 0.3) is 0 Å². The summed E-state index contributed by atoms with van der Waals surface area (Å²) < 4.78 is 37.6. The third-order valence-electron chi connectivity index (χ3n) is 2.64. The van der Waals surface area contributed by atoms with E-state index in [0.717, 1.165) is 12.8 Å². The van der Waals surface area contributed by atoms with Gasteiger partial charge < -0.3 is 5.32 Å². The molecule has 0 bridgehead atoms. The zero-order chi connectivity index (χ0) is 11.8. The Bertz CT molecular complexity index is 380. The lowest BCUT2D eigenvalue weighted by molar-refractivity contribution is -0.137. The molecule has 0 aromatic heterocycles. The fourth-order valence-electron chi connectivity index (χ4n) is 1.68. The van der Waals surface area contributed by atoms with E-state index in [1.165, 1.54) is 12.1 Å². The van der Waals surface area contributed by atoms with Crippen LogP contribution in [0.1, 0.15) is 29.5 Å². The van der Waals surface area contributed by atoms with Crippen LogP contribution in [0.3, 0.4) is 0 Å². The number of rotatable bonds is 3. The lowest BCUT2D eigenvalue weighted by Gasteiger charge is -2.11. The van der Waals surface area contributed by atoms with Crippen molar-refractivity contribution >= 4 is 0 Å². The fourth-order valence-corrected chi connectivity index (χ4v) is 1.68. The van der Waals surface area contributed by atoms with Gasteiger partial charge in [0.15, 0.2) is 0 Å². The molecule has 4 heteroatoms. The fraction of sp³-hybridized carbons (Fsp3) is 0.500. The molecule has 0 saturated heterocycles. The Labute approximate surface area is 92.7 Å². The van der Waals surface area contributed by atoms with Gasteiger partial charge in [0.05, 0.1) is 5.56 Å². The van der Waals surface area contributed by atoms with E-state index in [4.69, 9.17) is 0 Å². The van der Waals surface area contributed by atoms with Crippen molar-refractivity contribution in [2.24, 2.45) is 0 Å². The first-order valence-corrected chi connectivity index (χ1v) is 5.36. The first-order valence-electron chi connectivity index (χ1n) is 5.36. The first-order chi connectivity index (χ1) is 7.45. The largest absolute Gasteiger partial charge is 0.416 e. The van der Waals surface area contributed by atoms with E-state index in [1.807, 2.05) is 0 Å². The van der Waals surface area contributed by atoms with Crippen LogP contribution in [-0.2, 0) is 12.7 Å². The van der Waals surface area contributed by atoms with Gasteiger partial charge >= 0.3 is 6.18 Å². The maximum absolute atomic E-state index is 12.5. The summed E-state index contributed by atoms with van der Waals surface area (Å²) >= 11 is 0. The molecule has 1 N–H and O–H groups in total. The first kappa shape index (κ1) is 11.5. The van der Waals surface area contributed by atoms with Crippen molar-refractivity contribution in [3.05, 3.63) is 34.9 Å². The van der Waals surface area contributed by atoms with E-state index in [9.17, 15) is 13.2 Å². The summed E-state index contributed by atoms with van der Waals surface area (Å²) in [6, 6.07) is 4.71. The summed E-state index contributed by atoms with van der Waals surface area (Å²) in [4.78, 5) is 0. The van der Waals surface area contributed by atoms with Crippen molar-refractivity contribution in [2.45, 2.75) is 38.5 Å². The molecular weight excluding hydrogens is 215 g/mol. The third-order valence-corrected chi connectivity index (χ3v) is 2.64. The number of hydrogen-bond donors (Lipinski definition) is 1. The molecule has 2 rings (SSSR count). The van der Waals surface area contributed by atoms with Crippen molar-refractivity contribution in [2.75, 3.05) is 0 Å². The Kier molecular flexibility index (Phi) is 2.93. The highest BCUT2D eigenvalue weighted by atomic mass is 19.4. The summed E-state index contributed by atoms with van der Waals surface area (Å²) in [5.74, 6) is 0. The van der Waals surface area contributed by atoms with Gasteiger partial charge in [0.1, 0.15) is 0 Å². The van der Waals surface area contributed by atoms with E-state index >= 15 is 0 Å². The molecule has 0 heterocycles. The van der Waals surface area contributed by atoms with Crippen molar-refractivity contribution < 1.29 is 13.2 Å². The monoisotopic (exact) mass is 229 g/mol. The number of nitrogens with one attached hydrogen (secondary N) is 1. The number of benzene rings is 1. The van der Waals surface area contributed by atoms with Gasteiger partial charge in [-0.2, -0.15) is 13.2 Å². The Morgan fingerprint density at radius 3 is 2.50 bits per heavy atom. The Morgan fingerprint density at radius 1 is 1.25 bits per heavy atom. The van der Waals surface area contributed by atoms with Crippen LogP contribution in [0.4, 0.5) is 13.2 Å². The highest BCUT2D eigenvalue weighted by Crippen LogP contribution is 2.30. The van der Waals surface area contributed by atoms with Gasteiger partial charge in [-0.1, -0.05) is 11.6 Å². The molecule has 1 aromatic rings. The van der Waals surface area contributed by atoms with Crippen LogP contribution in [0.2, 0.25) is 0 Å². The topological polar surface area (TPSA) is 12.0 Å². The summed E-state index contributed by atoms with van der Waals surface area (Å²) in [5.41, 5.74) is 0.807. The van der Waals surface area contributed by atoms with Crippen LogP contribution in [0, 0.1) is 6.92 Å². The quantitative estimate of drug-likeness (QED) is 0.838. The second kappa shape index (κ2) is 4.09. The molecule has 0 aliphatic heterocycles. The maximum Gasteiger partial charge on any atom is 0.416 e. The van der Waals surface area contributed by atoms with Gasteiger partial charge in [-0.25, -0.2) is 0 Å². The molecule has 0 radical (unpaired) electrons. The van der Waals surface area contributed by atoms with Gasteiger partial charge in [-0.15, -0.1) is 0 Å². The lowest BCUT2D eigenvalue weighted by Crippen LogP contribution is -2.16. The Morgan fingerprint density at radius 2 is 1.94 bits per heavy atom. The third kappa shape index (κ3) is 2.98. The summed E-state index contributed by atoms with van der Waals surface area (Å²) in [6.07, 6.45) is -1.98. The molecule has 88 valence electrons. The molecule has 0 amide bonds. The minimum absolute atomic E-state index is 0.509. The van der Waals surface area contributed by atoms with Crippen LogP contribution < -0.4 is 5.32 Å². The molecule has 0 unspecified atom stereocenters. The Hall–Kier alpha value is -1.03. The standard InChI is InChI=1S/C12H14F3N/c1-8-4-9(7-16-11-2-3-11)6-10(5-8)12(13,14)15/h4-6,11,16H,2-3,7H2,1H3. The zero-order valence-electron chi connectivity index (χ0n) is 9.06. The van der Waals surface area contributed by atoms with Gasteiger partial charge in [0.2, 0.25) is 0 Å². The molecule has 1 aliphatic rings. The molecule has 0 atom stereocenters. The maximum atomic E-state index is 12.5. The number of hydrogen-bond acceptors (Lipinski definition) is 1. The van der Waals surface area contributed by atoms with Gasteiger partial charge in [-0.05, 0) is 37.5 Å². The van der Waals surface area contributed by atoms with Crippen molar-refractivity contribution in [3.63, 3.8) is 0 Å². The average molecular weight is 229 g/mol. The minimum Gasteiger partial charge on any atom is -0.310 e. The van der Waals surface area contributed by atoms with Gasteiger partial charge in [-0.3, -0.25) is 0 Å². The van der Waals surface area contributed by atoms with Crippen LogP contribution >= 0.6 is 0 Å². The predicted octanol–water partition coefficient (Wildman–Crippen LogP) is 3.27.